The van der Waals surface area contributed by atoms with Gasteiger partial charge in [-0.3, -0.25) is 10.3 Å². The molecule has 1 aromatic carbocycles. The number of benzene rings is 1. The van der Waals surface area contributed by atoms with E-state index in [1.54, 1.807) is 14.2 Å². The van der Waals surface area contributed by atoms with Gasteiger partial charge in [0.05, 0.1) is 30.3 Å². The average Bonchev–Trinajstić information content (AvgIpc) is 3.12. The minimum absolute atomic E-state index is 0.183. The zero-order valence-electron chi connectivity index (χ0n) is 20.6. The number of nitrogens with one attached hydrogen (secondary N) is 3. The van der Waals surface area contributed by atoms with Crippen molar-refractivity contribution in [3.8, 4) is 5.75 Å². The number of ether oxygens (including phenoxy) is 1. The number of hydrogen-bond acceptors (Lipinski definition) is 6. The molecule has 0 bridgehead atoms. The normalized spacial score (nSPS) is 17.5. The summed E-state index contributed by atoms with van der Waals surface area (Å²) in [6.45, 7) is 15.4. The molecule has 0 saturated carbocycles. The number of nitrogen functional groups attached to an aromatic ring is 1. The molecule has 1 atom stereocenters. The molecule has 0 spiro atoms. The summed E-state index contributed by atoms with van der Waals surface area (Å²) >= 11 is 0. The van der Waals surface area contributed by atoms with E-state index in [4.69, 9.17) is 20.3 Å². The van der Waals surface area contributed by atoms with Gasteiger partial charge >= 0.3 is 0 Å². The van der Waals surface area contributed by atoms with E-state index in [9.17, 15) is 0 Å². The number of rotatable bonds is 8. The molecule has 0 radical (unpaired) electrons. The molecule has 176 valence electrons. The molecule has 0 amide bonds. The van der Waals surface area contributed by atoms with Crippen molar-refractivity contribution >= 4 is 31.3 Å². The lowest BCUT2D eigenvalue weighted by atomic mass is 10.2. The van der Waals surface area contributed by atoms with Gasteiger partial charge in [-0.25, -0.2) is 0 Å². The lowest BCUT2D eigenvalue weighted by molar-refractivity contribution is 0.182. The van der Waals surface area contributed by atoms with E-state index < -0.39 is 8.32 Å². The van der Waals surface area contributed by atoms with Gasteiger partial charge in [-0.05, 0) is 30.6 Å². The van der Waals surface area contributed by atoms with E-state index in [1.807, 2.05) is 19.2 Å². The van der Waals surface area contributed by atoms with Gasteiger partial charge in [0, 0.05) is 46.3 Å². The van der Waals surface area contributed by atoms with Crippen molar-refractivity contribution < 1.29 is 9.16 Å². The maximum Gasteiger partial charge on any atom is 0.192 e. The number of hydrogen-bond donors (Lipinski definition) is 4. The fourth-order valence-corrected chi connectivity index (χ4v) is 4.86. The van der Waals surface area contributed by atoms with E-state index in [0.717, 1.165) is 38.3 Å². The number of likely N-dealkylation sites (N-methyl/N-ethyl adjacent to an activating group) is 1. The van der Waals surface area contributed by atoms with Gasteiger partial charge in [0.25, 0.3) is 0 Å². The van der Waals surface area contributed by atoms with Gasteiger partial charge in [-0.2, -0.15) is 0 Å². The first kappa shape index (κ1) is 25.3. The van der Waals surface area contributed by atoms with Crippen molar-refractivity contribution in [2.75, 3.05) is 63.3 Å². The fraction of sp³-hybridized carbons (Fsp3) is 0.682. The molecule has 8 nitrogen and oxygen atoms in total. The maximum atomic E-state index is 7.78. The molecule has 1 aromatic rings. The van der Waals surface area contributed by atoms with Crippen molar-refractivity contribution in [2.45, 2.75) is 51.4 Å². The van der Waals surface area contributed by atoms with Crippen molar-refractivity contribution in [1.82, 2.24) is 10.2 Å². The standard InChI is InChI=1S/C22H42N6O2Si/c1-22(2,3)31(7,8)30-16-9-10-28(15-16)12-11-27(5)19-14-20(29-6)18(13-17(19)23)26-21(24)25-4/h13-14,16H,9-12,15,23H2,1-8H3,(H3,24,25,26). The zero-order chi connectivity index (χ0) is 23.4. The van der Waals surface area contributed by atoms with Crippen molar-refractivity contribution in [2.24, 2.45) is 0 Å². The number of likely N-dealkylation sites (tertiary alicyclic amines) is 1. The van der Waals surface area contributed by atoms with Gasteiger partial charge in [0.15, 0.2) is 14.3 Å². The van der Waals surface area contributed by atoms with Crippen molar-refractivity contribution in [3.05, 3.63) is 12.1 Å². The molecule has 1 aliphatic heterocycles. The third-order valence-corrected chi connectivity index (χ3v) is 11.1. The third kappa shape index (κ3) is 6.50. The largest absolute Gasteiger partial charge is 0.494 e. The van der Waals surface area contributed by atoms with Gasteiger partial charge < -0.3 is 30.4 Å². The number of anilines is 3. The predicted molar refractivity (Wildman–Crippen MR) is 134 cm³/mol. The zero-order valence-corrected chi connectivity index (χ0v) is 21.6. The summed E-state index contributed by atoms with van der Waals surface area (Å²) in [6.07, 6.45) is 1.44. The summed E-state index contributed by atoms with van der Waals surface area (Å²) in [6, 6.07) is 3.74. The maximum absolute atomic E-state index is 7.78. The minimum Gasteiger partial charge on any atom is -0.494 e. The van der Waals surface area contributed by atoms with Crippen LogP contribution in [0.3, 0.4) is 0 Å². The van der Waals surface area contributed by atoms with Gasteiger partial charge in [-0.1, -0.05) is 20.8 Å². The van der Waals surface area contributed by atoms with Crippen LogP contribution in [0.1, 0.15) is 27.2 Å². The van der Waals surface area contributed by atoms with Crippen LogP contribution in [0.25, 0.3) is 0 Å². The highest BCUT2D eigenvalue weighted by Crippen LogP contribution is 2.38. The Labute approximate surface area is 189 Å². The third-order valence-electron chi connectivity index (χ3n) is 6.52. The molecule has 1 saturated heterocycles. The number of nitrogens with two attached hydrogens (primary N) is 1. The van der Waals surface area contributed by atoms with Crippen LogP contribution in [0.5, 0.6) is 5.75 Å². The summed E-state index contributed by atoms with van der Waals surface area (Å²) < 4.78 is 12.1. The molecule has 1 unspecified atom stereocenters. The van der Waals surface area contributed by atoms with Crippen LogP contribution in [0, 0.1) is 5.41 Å². The molecule has 31 heavy (non-hydrogen) atoms. The lowest BCUT2D eigenvalue weighted by Gasteiger charge is -2.38. The lowest BCUT2D eigenvalue weighted by Crippen LogP contribution is -2.44. The number of nitrogens with zero attached hydrogens (tertiary/aromatic N) is 2. The number of guanidine groups is 1. The van der Waals surface area contributed by atoms with E-state index >= 15 is 0 Å². The molecule has 9 heteroatoms. The summed E-state index contributed by atoms with van der Waals surface area (Å²) in [7, 11) is 3.63. The Balaban J connectivity index is 1.96. The van der Waals surface area contributed by atoms with Gasteiger partial charge in [0.1, 0.15) is 5.75 Å². The molecule has 2 rings (SSSR count). The SMILES string of the molecule is CNC(=N)Nc1cc(N)c(N(C)CCN2CCC(O[Si](C)(C)C(C)(C)C)C2)cc1OC. The van der Waals surface area contributed by atoms with Crippen molar-refractivity contribution in [3.63, 3.8) is 0 Å². The smallest absolute Gasteiger partial charge is 0.192 e. The van der Waals surface area contributed by atoms with E-state index in [-0.39, 0.29) is 11.0 Å². The summed E-state index contributed by atoms with van der Waals surface area (Å²) in [5, 5.41) is 13.7. The molecule has 0 aliphatic carbocycles. The molecular weight excluding hydrogens is 408 g/mol. The highest BCUT2D eigenvalue weighted by atomic mass is 28.4. The molecule has 1 aliphatic rings. The van der Waals surface area contributed by atoms with Crippen LogP contribution in [-0.4, -0.2) is 72.7 Å². The van der Waals surface area contributed by atoms with E-state index in [0.29, 0.717) is 23.2 Å². The average molecular weight is 451 g/mol. The Bertz CT molecular complexity index is 765. The first-order chi connectivity index (χ1) is 14.4. The Kier molecular flexibility index (Phi) is 8.24. The molecule has 5 N–H and O–H groups in total. The second-order valence-electron chi connectivity index (χ2n) is 9.87. The Morgan fingerprint density at radius 2 is 2.03 bits per heavy atom. The van der Waals surface area contributed by atoms with Crippen LogP contribution in [0.2, 0.25) is 18.1 Å². The van der Waals surface area contributed by atoms with Gasteiger partial charge in [0.2, 0.25) is 0 Å². The number of methoxy groups -OCH3 is 1. The van der Waals surface area contributed by atoms with Crippen molar-refractivity contribution in [1.29, 1.82) is 5.41 Å². The van der Waals surface area contributed by atoms with Crippen LogP contribution in [-0.2, 0) is 4.43 Å². The summed E-state index contributed by atoms with van der Waals surface area (Å²) in [4.78, 5) is 4.64. The Morgan fingerprint density at radius 3 is 2.61 bits per heavy atom. The first-order valence-corrected chi connectivity index (χ1v) is 13.9. The quantitative estimate of drug-likeness (QED) is 0.209. The highest BCUT2D eigenvalue weighted by molar-refractivity contribution is 6.74. The fourth-order valence-electron chi connectivity index (χ4n) is 3.48. The van der Waals surface area contributed by atoms with Crippen LogP contribution >= 0.6 is 0 Å². The van der Waals surface area contributed by atoms with Gasteiger partial charge in [-0.15, -0.1) is 0 Å². The molecule has 0 aromatic heterocycles. The summed E-state index contributed by atoms with van der Waals surface area (Å²) in [5.41, 5.74) is 8.56. The molecular formula is C22H42N6O2Si. The predicted octanol–water partition coefficient (Wildman–Crippen LogP) is 3.38. The molecule has 1 fully saturated rings. The first-order valence-electron chi connectivity index (χ1n) is 11.0. The Hall–Kier alpha value is -1.97. The van der Waals surface area contributed by atoms with Crippen LogP contribution in [0.4, 0.5) is 17.1 Å². The summed E-state index contributed by atoms with van der Waals surface area (Å²) in [5.74, 6) is 0.836. The van der Waals surface area contributed by atoms with Crippen LogP contribution in [0.15, 0.2) is 12.1 Å². The second kappa shape index (κ2) is 10.1. The minimum atomic E-state index is -1.73. The second-order valence-corrected chi connectivity index (χ2v) is 14.6. The van der Waals surface area contributed by atoms with E-state index in [2.05, 4.69) is 54.3 Å². The van der Waals surface area contributed by atoms with Crippen LogP contribution < -0.4 is 26.0 Å². The monoisotopic (exact) mass is 450 g/mol. The molecule has 1 heterocycles. The van der Waals surface area contributed by atoms with E-state index in [1.165, 1.54) is 0 Å². The Morgan fingerprint density at radius 1 is 1.35 bits per heavy atom. The topological polar surface area (TPSA) is 98.9 Å². The highest BCUT2D eigenvalue weighted by Gasteiger charge is 2.40.